The van der Waals surface area contributed by atoms with Gasteiger partial charge in [-0.05, 0) is 68.1 Å². The van der Waals surface area contributed by atoms with Crippen molar-refractivity contribution in [3.63, 3.8) is 0 Å². The van der Waals surface area contributed by atoms with Crippen LogP contribution in [0.5, 0.6) is 11.5 Å². The first-order valence-electron chi connectivity index (χ1n) is 8.68. The Bertz CT molecular complexity index is 1150. The van der Waals surface area contributed by atoms with Gasteiger partial charge in [-0.25, -0.2) is 13.1 Å². The van der Waals surface area contributed by atoms with Gasteiger partial charge in [0.15, 0.2) is 0 Å². The SMILES string of the molecule is CNS(=O)(=O)c1ccc(C)c(C(=O)Nc2ccc(Oc3ccccc3Cl)cc2)c1. The average Bonchev–Trinajstić information content (AvgIpc) is 2.71. The van der Waals surface area contributed by atoms with Crippen LogP contribution in [0.25, 0.3) is 0 Å². The maximum atomic E-state index is 12.6. The quantitative estimate of drug-likeness (QED) is 0.598. The van der Waals surface area contributed by atoms with Gasteiger partial charge in [0, 0.05) is 11.3 Å². The Morgan fingerprint density at radius 2 is 1.69 bits per heavy atom. The smallest absolute Gasteiger partial charge is 0.255 e. The van der Waals surface area contributed by atoms with Crippen molar-refractivity contribution in [1.29, 1.82) is 0 Å². The van der Waals surface area contributed by atoms with Crippen LogP contribution in [0.1, 0.15) is 15.9 Å². The molecular formula is C21H19ClN2O4S. The summed E-state index contributed by atoms with van der Waals surface area (Å²) in [6.07, 6.45) is 0. The second kappa shape index (κ2) is 8.65. The summed E-state index contributed by atoms with van der Waals surface area (Å²) in [6.45, 7) is 1.74. The predicted octanol–water partition coefficient (Wildman–Crippen LogP) is 4.60. The van der Waals surface area contributed by atoms with Crippen LogP contribution in [0.4, 0.5) is 5.69 Å². The van der Waals surface area contributed by atoms with Gasteiger partial charge in [-0.2, -0.15) is 0 Å². The third-order valence-corrected chi connectivity index (χ3v) is 5.93. The summed E-state index contributed by atoms with van der Waals surface area (Å²) < 4.78 is 31.9. The van der Waals surface area contributed by atoms with Crippen molar-refractivity contribution in [1.82, 2.24) is 4.72 Å². The minimum Gasteiger partial charge on any atom is -0.456 e. The molecule has 0 bridgehead atoms. The number of rotatable bonds is 6. The first kappa shape index (κ1) is 20.9. The van der Waals surface area contributed by atoms with Crippen molar-refractivity contribution in [2.45, 2.75) is 11.8 Å². The summed E-state index contributed by atoms with van der Waals surface area (Å²) in [5.74, 6) is 0.689. The predicted molar refractivity (Wildman–Crippen MR) is 113 cm³/mol. The van der Waals surface area contributed by atoms with E-state index in [0.29, 0.717) is 27.8 Å². The van der Waals surface area contributed by atoms with Crippen LogP contribution >= 0.6 is 11.6 Å². The number of nitrogens with one attached hydrogen (secondary N) is 2. The zero-order valence-corrected chi connectivity index (χ0v) is 17.3. The number of para-hydroxylation sites is 1. The van der Waals surface area contributed by atoms with Crippen LogP contribution in [0.3, 0.4) is 0 Å². The number of amides is 1. The molecule has 150 valence electrons. The number of halogens is 1. The van der Waals surface area contributed by atoms with Crippen LogP contribution < -0.4 is 14.8 Å². The van der Waals surface area contributed by atoms with E-state index in [2.05, 4.69) is 10.0 Å². The Morgan fingerprint density at radius 1 is 1.00 bits per heavy atom. The van der Waals surface area contributed by atoms with Gasteiger partial charge >= 0.3 is 0 Å². The Labute approximate surface area is 174 Å². The molecule has 0 aliphatic carbocycles. The molecule has 8 heteroatoms. The molecule has 1 amide bonds. The van der Waals surface area contributed by atoms with Gasteiger partial charge in [-0.15, -0.1) is 0 Å². The number of carbonyl (C=O) groups is 1. The third kappa shape index (κ3) is 4.95. The molecule has 0 saturated carbocycles. The molecule has 3 aromatic rings. The maximum absolute atomic E-state index is 12.6. The fourth-order valence-corrected chi connectivity index (χ4v) is 3.52. The molecule has 0 unspecified atom stereocenters. The van der Waals surface area contributed by atoms with E-state index in [4.69, 9.17) is 16.3 Å². The molecule has 0 aromatic heterocycles. The van der Waals surface area contributed by atoms with Crippen molar-refractivity contribution < 1.29 is 17.9 Å². The van der Waals surface area contributed by atoms with E-state index in [0.717, 1.165) is 0 Å². The van der Waals surface area contributed by atoms with E-state index < -0.39 is 15.9 Å². The minimum absolute atomic E-state index is 0.0271. The summed E-state index contributed by atoms with van der Waals surface area (Å²) >= 11 is 6.08. The van der Waals surface area contributed by atoms with E-state index >= 15 is 0 Å². The molecule has 0 spiro atoms. The van der Waals surface area contributed by atoms with Gasteiger partial charge in [0.2, 0.25) is 10.0 Å². The van der Waals surface area contributed by atoms with Crippen LogP contribution in [0.2, 0.25) is 5.02 Å². The van der Waals surface area contributed by atoms with E-state index in [1.54, 1.807) is 49.4 Å². The highest BCUT2D eigenvalue weighted by Gasteiger charge is 2.16. The standard InChI is InChI=1S/C21H19ClN2O4S/c1-14-7-12-17(29(26,27)23-2)13-18(14)21(25)24-15-8-10-16(11-9-15)28-20-6-4-3-5-19(20)22/h3-13,23H,1-2H3,(H,24,25). The molecule has 0 saturated heterocycles. The molecule has 0 fully saturated rings. The first-order chi connectivity index (χ1) is 13.8. The van der Waals surface area contributed by atoms with Gasteiger partial charge < -0.3 is 10.1 Å². The Balaban J connectivity index is 1.76. The second-order valence-corrected chi connectivity index (χ2v) is 8.49. The Kier molecular flexibility index (Phi) is 6.22. The number of ether oxygens (including phenoxy) is 1. The number of hydrogen-bond donors (Lipinski definition) is 2. The molecule has 6 nitrogen and oxygen atoms in total. The highest BCUT2D eigenvalue weighted by atomic mass is 35.5. The van der Waals surface area contributed by atoms with Crippen LogP contribution in [-0.2, 0) is 10.0 Å². The fraction of sp³-hybridized carbons (Fsp3) is 0.0952. The third-order valence-electron chi connectivity index (χ3n) is 4.21. The highest BCUT2D eigenvalue weighted by molar-refractivity contribution is 7.89. The molecule has 29 heavy (non-hydrogen) atoms. The lowest BCUT2D eigenvalue weighted by atomic mass is 10.1. The molecule has 0 heterocycles. The number of aryl methyl sites for hydroxylation is 1. The summed E-state index contributed by atoms with van der Waals surface area (Å²) in [6, 6.07) is 18.3. The van der Waals surface area contributed by atoms with E-state index in [1.807, 2.05) is 12.1 Å². The normalized spacial score (nSPS) is 11.1. The zero-order chi connectivity index (χ0) is 21.0. The second-order valence-electron chi connectivity index (χ2n) is 6.20. The number of sulfonamides is 1. The van der Waals surface area contributed by atoms with Crippen LogP contribution in [-0.4, -0.2) is 21.4 Å². The van der Waals surface area contributed by atoms with Gasteiger partial charge in [0.05, 0.1) is 9.92 Å². The number of hydrogen-bond acceptors (Lipinski definition) is 4. The van der Waals surface area contributed by atoms with Crippen molar-refractivity contribution in [3.8, 4) is 11.5 Å². The maximum Gasteiger partial charge on any atom is 0.255 e. The monoisotopic (exact) mass is 430 g/mol. The van der Waals surface area contributed by atoms with Crippen LogP contribution in [0, 0.1) is 6.92 Å². The fourth-order valence-electron chi connectivity index (χ4n) is 2.59. The first-order valence-corrected chi connectivity index (χ1v) is 10.5. The van der Waals surface area contributed by atoms with E-state index in [-0.39, 0.29) is 10.5 Å². The Hall–Kier alpha value is -2.87. The number of anilines is 1. The van der Waals surface area contributed by atoms with Gasteiger partial charge in [0.1, 0.15) is 11.5 Å². The van der Waals surface area contributed by atoms with Crippen LogP contribution in [0.15, 0.2) is 71.6 Å². The molecular weight excluding hydrogens is 412 g/mol. The van der Waals surface area contributed by atoms with Gasteiger partial charge in [0.25, 0.3) is 5.91 Å². The lowest BCUT2D eigenvalue weighted by Gasteiger charge is -2.11. The van der Waals surface area contributed by atoms with Gasteiger partial charge in [-0.1, -0.05) is 29.8 Å². The van der Waals surface area contributed by atoms with E-state index in [1.165, 1.54) is 19.2 Å². The summed E-state index contributed by atoms with van der Waals surface area (Å²) in [7, 11) is -2.32. The number of benzene rings is 3. The summed E-state index contributed by atoms with van der Waals surface area (Å²) in [5, 5.41) is 3.26. The topological polar surface area (TPSA) is 84.5 Å². The molecule has 0 radical (unpaired) electrons. The molecule has 0 atom stereocenters. The lowest BCUT2D eigenvalue weighted by molar-refractivity contribution is 0.102. The van der Waals surface area contributed by atoms with Crippen molar-refractivity contribution in [2.24, 2.45) is 0 Å². The molecule has 0 aliphatic heterocycles. The zero-order valence-electron chi connectivity index (χ0n) is 15.8. The van der Waals surface area contributed by atoms with E-state index in [9.17, 15) is 13.2 Å². The minimum atomic E-state index is -3.64. The number of carbonyl (C=O) groups excluding carboxylic acids is 1. The average molecular weight is 431 g/mol. The molecule has 0 aliphatic rings. The van der Waals surface area contributed by atoms with Crippen molar-refractivity contribution in [2.75, 3.05) is 12.4 Å². The van der Waals surface area contributed by atoms with Crippen molar-refractivity contribution in [3.05, 3.63) is 82.9 Å². The van der Waals surface area contributed by atoms with Gasteiger partial charge in [-0.3, -0.25) is 4.79 Å². The summed E-state index contributed by atoms with van der Waals surface area (Å²) in [4.78, 5) is 12.7. The summed E-state index contributed by atoms with van der Waals surface area (Å²) in [5.41, 5.74) is 1.48. The molecule has 3 aromatic carbocycles. The van der Waals surface area contributed by atoms with Crippen molar-refractivity contribution >= 4 is 33.2 Å². The molecule has 3 rings (SSSR count). The largest absolute Gasteiger partial charge is 0.456 e. The highest BCUT2D eigenvalue weighted by Crippen LogP contribution is 2.29. The molecule has 2 N–H and O–H groups in total. The lowest BCUT2D eigenvalue weighted by Crippen LogP contribution is -2.20. The Morgan fingerprint density at radius 3 is 2.34 bits per heavy atom.